The van der Waals surface area contributed by atoms with Gasteiger partial charge in [-0.05, 0) is 25.0 Å². The quantitative estimate of drug-likeness (QED) is 0.747. The van der Waals surface area contributed by atoms with Crippen molar-refractivity contribution in [3.63, 3.8) is 0 Å². The van der Waals surface area contributed by atoms with Crippen molar-refractivity contribution in [2.75, 3.05) is 25.1 Å². The number of ether oxygens (including phenoxy) is 1. The number of aromatic hydroxyl groups is 1. The van der Waals surface area contributed by atoms with E-state index in [1.165, 1.54) is 12.1 Å². The first-order valence-electron chi connectivity index (χ1n) is 6.26. The summed E-state index contributed by atoms with van der Waals surface area (Å²) < 4.78 is 5.27. The summed E-state index contributed by atoms with van der Waals surface area (Å²) in [7, 11) is 0. The first-order chi connectivity index (χ1) is 9.48. The van der Waals surface area contributed by atoms with Crippen molar-refractivity contribution in [3.05, 3.63) is 22.2 Å². The predicted octanol–water partition coefficient (Wildman–Crippen LogP) is 2.39. The Bertz CT molecular complexity index is 493. The van der Waals surface area contributed by atoms with Crippen LogP contribution in [0.5, 0.6) is 5.75 Å². The number of nitrogens with two attached hydrogens (primary N) is 1. The van der Waals surface area contributed by atoms with Gasteiger partial charge in [-0.2, -0.15) is 0 Å². The summed E-state index contributed by atoms with van der Waals surface area (Å²) in [4.78, 5) is 12.4. The Balaban J connectivity index is 2.18. The van der Waals surface area contributed by atoms with E-state index in [1.54, 1.807) is 0 Å². The maximum absolute atomic E-state index is 12.4. The fourth-order valence-electron chi connectivity index (χ4n) is 2.19. The van der Waals surface area contributed by atoms with E-state index < -0.39 is 5.41 Å². The highest BCUT2D eigenvalue weighted by atomic mass is 35.5. The van der Waals surface area contributed by atoms with Crippen LogP contribution in [0.15, 0.2) is 12.1 Å². The SMILES string of the molecule is NCC1(C(=O)Nc2cc(Cl)c(O)c(Cl)c2)CCOCC1. The van der Waals surface area contributed by atoms with Crippen LogP contribution in [0.3, 0.4) is 0 Å². The molecule has 1 aliphatic rings. The fourth-order valence-corrected chi connectivity index (χ4v) is 2.67. The normalized spacial score (nSPS) is 17.8. The highest BCUT2D eigenvalue weighted by molar-refractivity contribution is 6.37. The molecule has 4 N–H and O–H groups in total. The zero-order chi connectivity index (χ0) is 14.8. The zero-order valence-electron chi connectivity index (χ0n) is 10.8. The van der Waals surface area contributed by atoms with Gasteiger partial charge in [-0.1, -0.05) is 23.2 Å². The van der Waals surface area contributed by atoms with Gasteiger partial charge >= 0.3 is 0 Å². The van der Waals surface area contributed by atoms with Gasteiger partial charge in [0.05, 0.1) is 15.5 Å². The molecule has 0 unspecified atom stereocenters. The number of rotatable bonds is 3. The second-order valence-corrected chi connectivity index (χ2v) is 5.65. The maximum atomic E-state index is 12.4. The Hall–Kier alpha value is -1.01. The van der Waals surface area contributed by atoms with E-state index in [9.17, 15) is 9.90 Å². The summed E-state index contributed by atoms with van der Waals surface area (Å²) in [6.45, 7) is 1.28. The van der Waals surface area contributed by atoms with E-state index in [1.807, 2.05) is 0 Å². The van der Waals surface area contributed by atoms with Crippen molar-refractivity contribution in [1.29, 1.82) is 0 Å². The molecule has 5 nitrogen and oxygen atoms in total. The molecule has 1 fully saturated rings. The first kappa shape index (κ1) is 15.4. The molecule has 1 saturated heterocycles. The van der Waals surface area contributed by atoms with Crippen LogP contribution in [0.4, 0.5) is 5.69 Å². The molecule has 1 heterocycles. The van der Waals surface area contributed by atoms with Crippen LogP contribution < -0.4 is 11.1 Å². The number of hydrogen-bond acceptors (Lipinski definition) is 4. The van der Waals surface area contributed by atoms with E-state index in [2.05, 4.69) is 5.32 Å². The standard InChI is InChI=1S/C13H16Cl2N2O3/c14-9-5-8(6-10(15)11(9)18)17-12(19)13(7-16)1-3-20-4-2-13/h5-6,18H,1-4,7,16H2,(H,17,19). The molecule has 1 aromatic rings. The van der Waals surface area contributed by atoms with Gasteiger partial charge < -0.3 is 20.9 Å². The van der Waals surface area contributed by atoms with Gasteiger partial charge in [-0.15, -0.1) is 0 Å². The second-order valence-electron chi connectivity index (χ2n) is 4.84. The third-order valence-corrected chi connectivity index (χ3v) is 4.17. The van der Waals surface area contributed by atoms with Crippen LogP contribution in [0.25, 0.3) is 0 Å². The molecular formula is C13H16Cl2N2O3. The second kappa shape index (κ2) is 6.18. The lowest BCUT2D eigenvalue weighted by Gasteiger charge is -2.34. The largest absolute Gasteiger partial charge is 0.505 e. The molecule has 0 spiro atoms. The van der Waals surface area contributed by atoms with Crippen molar-refractivity contribution in [3.8, 4) is 5.75 Å². The molecule has 1 amide bonds. The molecule has 0 bridgehead atoms. The molecule has 1 aliphatic heterocycles. The Morgan fingerprint density at radius 1 is 1.35 bits per heavy atom. The summed E-state index contributed by atoms with van der Waals surface area (Å²) in [5.41, 5.74) is 5.57. The lowest BCUT2D eigenvalue weighted by molar-refractivity contribution is -0.130. The van der Waals surface area contributed by atoms with Crippen LogP contribution in [0.1, 0.15) is 12.8 Å². The fraction of sp³-hybridized carbons (Fsp3) is 0.462. The third kappa shape index (κ3) is 3.01. The molecule has 110 valence electrons. The number of benzene rings is 1. The summed E-state index contributed by atoms with van der Waals surface area (Å²) >= 11 is 11.7. The third-order valence-electron chi connectivity index (χ3n) is 3.60. The molecular weight excluding hydrogens is 303 g/mol. The number of hydrogen-bond donors (Lipinski definition) is 3. The van der Waals surface area contributed by atoms with E-state index in [0.717, 1.165) is 0 Å². The average molecular weight is 319 g/mol. The Kier molecular flexibility index (Phi) is 4.75. The number of anilines is 1. The van der Waals surface area contributed by atoms with Gasteiger partial charge in [0.15, 0.2) is 5.75 Å². The van der Waals surface area contributed by atoms with Crippen LogP contribution in [0, 0.1) is 5.41 Å². The molecule has 1 aromatic carbocycles. The van der Waals surface area contributed by atoms with Gasteiger partial charge in [-0.25, -0.2) is 0 Å². The molecule has 0 saturated carbocycles. The highest BCUT2D eigenvalue weighted by Crippen LogP contribution is 2.36. The maximum Gasteiger partial charge on any atom is 0.232 e. The molecule has 0 atom stereocenters. The minimum Gasteiger partial charge on any atom is -0.505 e. The number of carbonyl (C=O) groups excluding carboxylic acids is 1. The Morgan fingerprint density at radius 3 is 2.40 bits per heavy atom. The van der Waals surface area contributed by atoms with Crippen molar-refractivity contribution >= 4 is 34.8 Å². The molecule has 20 heavy (non-hydrogen) atoms. The topological polar surface area (TPSA) is 84.6 Å². The van der Waals surface area contributed by atoms with Crippen LogP contribution in [-0.4, -0.2) is 30.8 Å². The average Bonchev–Trinajstić information content (AvgIpc) is 2.45. The number of phenolic OH excluding ortho intramolecular Hbond substituents is 1. The van der Waals surface area contributed by atoms with Gasteiger partial charge in [0, 0.05) is 25.4 Å². The van der Waals surface area contributed by atoms with Crippen molar-refractivity contribution in [2.45, 2.75) is 12.8 Å². The summed E-state index contributed by atoms with van der Waals surface area (Å²) in [6, 6.07) is 2.90. The molecule has 0 aliphatic carbocycles. The molecule has 7 heteroatoms. The zero-order valence-corrected chi connectivity index (χ0v) is 12.3. The highest BCUT2D eigenvalue weighted by Gasteiger charge is 2.38. The van der Waals surface area contributed by atoms with E-state index in [-0.39, 0.29) is 28.2 Å². The van der Waals surface area contributed by atoms with Gasteiger partial charge in [0.2, 0.25) is 5.91 Å². The minimum atomic E-state index is -0.630. The van der Waals surface area contributed by atoms with Gasteiger partial charge in [0.1, 0.15) is 0 Å². The predicted molar refractivity (Wildman–Crippen MR) is 78.3 cm³/mol. The van der Waals surface area contributed by atoms with Gasteiger partial charge in [0.25, 0.3) is 0 Å². The lowest BCUT2D eigenvalue weighted by atomic mass is 9.79. The monoisotopic (exact) mass is 318 g/mol. The Labute approximate surface area is 127 Å². The Morgan fingerprint density at radius 2 is 1.90 bits per heavy atom. The first-order valence-corrected chi connectivity index (χ1v) is 7.01. The number of phenols is 1. The number of amides is 1. The lowest BCUT2D eigenvalue weighted by Crippen LogP contribution is -2.46. The van der Waals surface area contributed by atoms with E-state index in [4.69, 9.17) is 33.7 Å². The summed E-state index contributed by atoms with van der Waals surface area (Å²) in [5.74, 6) is -0.382. The number of carbonyl (C=O) groups is 1. The number of halogens is 2. The van der Waals surface area contributed by atoms with Crippen LogP contribution >= 0.6 is 23.2 Å². The minimum absolute atomic E-state index is 0.0848. The van der Waals surface area contributed by atoms with Crippen molar-refractivity contribution in [1.82, 2.24) is 0 Å². The van der Waals surface area contributed by atoms with E-state index in [0.29, 0.717) is 31.7 Å². The van der Waals surface area contributed by atoms with Crippen molar-refractivity contribution < 1.29 is 14.6 Å². The van der Waals surface area contributed by atoms with Crippen molar-refractivity contribution in [2.24, 2.45) is 11.1 Å². The summed E-state index contributed by atoms with van der Waals surface area (Å²) in [5, 5.41) is 12.4. The smallest absolute Gasteiger partial charge is 0.232 e. The van der Waals surface area contributed by atoms with E-state index >= 15 is 0 Å². The number of nitrogens with one attached hydrogen (secondary N) is 1. The summed E-state index contributed by atoms with van der Waals surface area (Å²) in [6.07, 6.45) is 1.16. The van der Waals surface area contributed by atoms with Crippen LogP contribution in [0.2, 0.25) is 10.0 Å². The molecule has 0 aromatic heterocycles. The van der Waals surface area contributed by atoms with Gasteiger partial charge in [-0.3, -0.25) is 4.79 Å². The molecule has 0 radical (unpaired) electrons. The molecule has 2 rings (SSSR count). The van der Waals surface area contributed by atoms with Crippen LogP contribution in [-0.2, 0) is 9.53 Å².